The van der Waals surface area contributed by atoms with E-state index in [0.29, 0.717) is 5.69 Å². The Kier molecular flexibility index (Phi) is 3.06. The van der Waals surface area contributed by atoms with Crippen LogP contribution in [0.1, 0.15) is 24.2 Å². The lowest BCUT2D eigenvalue weighted by Crippen LogP contribution is -2.20. The third kappa shape index (κ3) is 2.26. The number of aromatic amines is 1. The van der Waals surface area contributed by atoms with Crippen LogP contribution in [0, 0.1) is 6.92 Å². The molecule has 17 heavy (non-hydrogen) atoms. The van der Waals surface area contributed by atoms with Crippen LogP contribution in [0.2, 0.25) is 0 Å². The molecular formula is C13H15N3O. The van der Waals surface area contributed by atoms with Crippen LogP contribution in [0.3, 0.4) is 0 Å². The second-order valence-corrected chi connectivity index (χ2v) is 4.08. The maximum atomic E-state index is 11.5. The molecule has 4 heteroatoms. The number of rotatable bonds is 2. The lowest BCUT2D eigenvalue weighted by molar-refractivity contribution is 0.756. The van der Waals surface area contributed by atoms with Crippen molar-refractivity contribution >= 4 is 0 Å². The van der Waals surface area contributed by atoms with Crippen molar-refractivity contribution < 1.29 is 0 Å². The number of benzene rings is 1. The maximum Gasteiger partial charge on any atom is 0.345 e. The Balaban J connectivity index is 2.67. The van der Waals surface area contributed by atoms with E-state index in [1.807, 2.05) is 44.2 Å². The van der Waals surface area contributed by atoms with Crippen molar-refractivity contribution in [3.8, 4) is 11.3 Å². The Morgan fingerprint density at radius 2 is 1.94 bits per heavy atom. The highest BCUT2D eigenvalue weighted by molar-refractivity contribution is 5.63. The molecule has 0 aliphatic rings. The lowest BCUT2D eigenvalue weighted by atomic mass is 10.0. The zero-order valence-electron chi connectivity index (χ0n) is 9.90. The van der Waals surface area contributed by atoms with E-state index in [0.717, 1.165) is 16.8 Å². The summed E-state index contributed by atoms with van der Waals surface area (Å²) in [6, 6.07) is 9.41. The number of hydrogen-bond acceptors (Lipinski definition) is 3. The Morgan fingerprint density at radius 1 is 1.29 bits per heavy atom. The summed E-state index contributed by atoms with van der Waals surface area (Å²) in [6.45, 7) is 3.76. The van der Waals surface area contributed by atoms with Gasteiger partial charge in [0.1, 0.15) is 0 Å². The van der Waals surface area contributed by atoms with Crippen molar-refractivity contribution in [3.05, 3.63) is 52.1 Å². The van der Waals surface area contributed by atoms with Crippen molar-refractivity contribution in [2.45, 2.75) is 19.9 Å². The van der Waals surface area contributed by atoms with Gasteiger partial charge in [-0.15, -0.1) is 0 Å². The van der Waals surface area contributed by atoms with Crippen LogP contribution in [0.15, 0.2) is 35.1 Å². The summed E-state index contributed by atoms with van der Waals surface area (Å²) in [7, 11) is 0. The molecule has 3 N–H and O–H groups in total. The first-order valence-electron chi connectivity index (χ1n) is 5.51. The standard InChI is InChI=1S/C13H15N3O/c1-8-11(9(2)14)15-13(17)16-12(8)10-6-4-3-5-7-10/h3-7,9H,14H2,1-2H3,(H,15,16,17). The van der Waals surface area contributed by atoms with Gasteiger partial charge in [-0.25, -0.2) is 4.79 Å². The highest BCUT2D eigenvalue weighted by Crippen LogP contribution is 2.22. The van der Waals surface area contributed by atoms with E-state index in [4.69, 9.17) is 5.73 Å². The molecule has 0 radical (unpaired) electrons. The van der Waals surface area contributed by atoms with Crippen LogP contribution in [0.25, 0.3) is 11.3 Å². The largest absolute Gasteiger partial charge is 0.345 e. The smallest absolute Gasteiger partial charge is 0.323 e. The van der Waals surface area contributed by atoms with Gasteiger partial charge in [-0.05, 0) is 19.4 Å². The summed E-state index contributed by atoms with van der Waals surface area (Å²) < 4.78 is 0. The van der Waals surface area contributed by atoms with Gasteiger partial charge in [0.25, 0.3) is 0 Å². The first kappa shape index (κ1) is 11.5. The molecule has 0 bridgehead atoms. The van der Waals surface area contributed by atoms with Gasteiger partial charge in [0.15, 0.2) is 0 Å². The first-order valence-corrected chi connectivity index (χ1v) is 5.51. The molecular weight excluding hydrogens is 214 g/mol. The first-order chi connectivity index (χ1) is 8.09. The highest BCUT2D eigenvalue weighted by atomic mass is 16.1. The zero-order chi connectivity index (χ0) is 12.4. The monoisotopic (exact) mass is 229 g/mol. The highest BCUT2D eigenvalue weighted by Gasteiger charge is 2.12. The van der Waals surface area contributed by atoms with Crippen LogP contribution >= 0.6 is 0 Å². The number of H-pyrrole nitrogens is 1. The van der Waals surface area contributed by atoms with E-state index in [2.05, 4.69) is 9.97 Å². The van der Waals surface area contributed by atoms with Gasteiger partial charge in [-0.1, -0.05) is 30.3 Å². The molecule has 1 unspecified atom stereocenters. The molecule has 0 amide bonds. The average Bonchev–Trinajstić information content (AvgIpc) is 2.32. The molecule has 0 fully saturated rings. The molecule has 1 aromatic carbocycles. The van der Waals surface area contributed by atoms with Gasteiger partial charge in [0.2, 0.25) is 0 Å². The molecule has 88 valence electrons. The summed E-state index contributed by atoms with van der Waals surface area (Å²) in [5.74, 6) is 0. The summed E-state index contributed by atoms with van der Waals surface area (Å²) in [6.07, 6.45) is 0. The van der Waals surface area contributed by atoms with Gasteiger partial charge >= 0.3 is 5.69 Å². The zero-order valence-corrected chi connectivity index (χ0v) is 9.90. The summed E-state index contributed by atoms with van der Waals surface area (Å²) in [5, 5.41) is 0. The van der Waals surface area contributed by atoms with Gasteiger partial charge in [0.05, 0.1) is 5.69 Å². The van der Waals surface area contributed by atoms with Crippen molar-refractivity contribution in [2.75, 3.05) is 0 Å². The molecule has 0 aliphatic heterocycles. The SMILES string of the molecule is Cc1c(-c2ccccc2)nc(=O)[nH]c1C(C)N. The fourth-order valence-corrected chi connectivity index (χ4v) is 1.88. The number of nitrogens with two attached hydrogens (primary N) is 1. The minimum Gasteiger partial charge on any atom is -0.323 e. The van der Waals surface area contributed by atoms with Crippen LogP contribution in [0.4, 0.5) is 0 Å². The molecule has 1 heterocycles. The normalized spacial score (nSPS) is 12.4. The van der Waals surface area contributed by atoms with Crippen LogP contribution in [-0.4, -0.2) is 9.97 Å². The molecule has 1 atom stereocenters. The number of aromatic nitrogens is 2. The number of hydrogen-bond donors (Lipinski definition) is 2. The molecule has 4 nitrogen and oxygen atoms in total. The predicted octanol–water partition coefficient (Wildman–Crippen LogP) is 1.77. The molecule has 2 aromatic rings. The molecule has 0 aliphatic carbocycles. The molecule has 1 aromatic heterocycles. The number of nitrogens with zero attached hydrogens (tertiary/aromatic N) is 1. The summed E-state index contributed by atoms with van der Waals surface area (Å²) in [5.41, 5.74) is 8.76. The molecule has 0 saturated heterocycles. The molecule has 0 saturated carbocycles. The fraction of sp³-hybridized carbons (Fsp3) is 0.231. The van der Waals surface area contributed by atoms with E-state index in [1.165, 1.54) is 0 Å². The second kappa shape index (κ2) is 4.51. The molecule has 0 spiro atoms. The van der Waals surface area contributed by atoms with Crippen molar-refractivity contribution in [2.24, 2.45) is 5.73 Å². The minimum absolute atomic E-state index is 0.215. The average molecular weight is 229 g/mol. The lowest BCUT2D eigenvalue weighted by Gasteiger charge is -2.12. The third-order valence-electron chi connectivity index (χ3n) is 2.72. The molecule has 2 rings (SSSR count). The van der Waals surface area contributed by atoms with Crippen LogP contribution < -0.4 is 11.4 Å². The Hall–Kier alpha value is -1.94. The fourth-order valence-electron chi connectivity index (χ4n) is 1.88. The Morgan fingerprint density at radius 3 is 2.53 bits per heavy atom. The van der Waals surface area contributed by atoms with Crippen LogP contribution in [0.5, 0.6) is 0 Å². The van der Waals surface area contributed by atoms with Gasteiger partial charge in [0, 0.05) is 17.3 Å². The quantitative estimate of drug-likeness (QED) is 0.824. The van der Waals surface area contributed by atoms with Crippen molar-refractivity contribution in [1.82, 2.24) is 9.97 Å². The van der Waals surface area contributed by atoms with Gasteiger partial charge < -0.3 is 10.7 Å². The Bertz CT molecular complexity index is 573. The number of nitrogens with one attached hydrogen (secondary N) is 1. The topological polar surface area (TPSA) is 71.8 Å². The summed E-state index contributed by atoms with van der Waals surface area (Å²) in [4.78, 5) is 18.2. The maximum absolute atomic E-state index is 11.5. The summed E-state index contributed by atoms with van der Waals surface area (Å²) >= 11 is 0. The van der Waals surface area contributed by atoms with Crippen molar-refractivity contribution in [1.29, 1.82) is 0 Å². The second-order valence-electron chi connectivity index (χ2n) is 4.08. The van der Waals surface area contributed by atoms with E-state index in [1.54, 1.807) is 0 Å². The van der Waals surface area contributed by atoms with E-state index in [-0.39, 0.29) is 11.7 Å². The third-order valence-corrected chi connectivity index (χ3v) is 2.72. The van der Waals surface area contributed by atoms with E-state index < -0.39 is 0 Å². The van der Waals surface area contributed by atoms with E-state index >= 15 is 0 Å². The van der Waals surface area contributed by atoms with Crippen LogP contribution in [-0.2, 0) is 0 Å². The van der Waals surface area contributed by atoms with E-state index in [9.17, 15) is 4.79 Å². The minimum atomic E-state index is -0.359. The Labute approximate surface area is 99.5 Å². The van der Waals surface area contributed by atoms with Gasteiger partial charge in [-0.2, -0.15) is 4.98 Å². The van der Waals surface area contributed by atoms with Crippen molar-refractivity contribution in [3.63, 3.8) is 0 Å². The van der Waals surface area contributed by atoms with Gasteiger partial charge in [-0.3, -0.25) is 0 Å². The predicted molar refractivity (Wildman–Crippen MR) is 67.6 cm³/mol.